The number of rotatable bonds is 11. The van der Waals surface area contributed by atoms with E-state index in [9.17, 15) is 13.2 Å². The number of nitrogens with one attached hydrogen (secondary N) is 1. The minimum absolute atomic E-state index is 0.0706. The van der Waals surface area contributed by atoms with Gasteiger partial charge in [0.05, 0.1) is 28.0 Å². The highest BCUT2D eigenvalue weighted by Gasteiger charge is 2.17. The Bertz CT molecular complexity index is 1400. The standard InChI is InChI=1S/C25H25ClN4O3S2/c1-18-6-4-9-22(26)21(18)15-23(31)24-16-28-25(34-24)29-19-7-5-8-20(14-19)35(32,33)13-3-2-11-30-12-10-27-17-30/h4-10,12,14,16-17H,2-3,11,13,15H2,1H3,(H,28,29). The van der Waals surface area contributed by atoms with E-state index in [1.54, 1.807) is 42.9 Å². The van der Waals surface area contributed by atoms with Crippen molar-refractivity contribution in [3.8, 4) is 0 Å². The summed E-state index contributed by atoms with van der Waals surface area (Å²) in [6, 6.07) is 12.2. The normalized spacial score (nSPS) is 11.5. The predicted molar refractivity (Wildman–Crippen MR) is 140 cm³/mol. The number of unbranched alkanes of at least 4 members (excludes halogenated alkanes) is 1. The number of halogens is 1. The summed E-state index contributed by atoms with van der Waals surface area (Å²) < 4.78 is 27.5. The fourth-order valence-corrected chi connectivity index (χ4v) is 6.09. The van der Waals surface area contributed by atoms with Crippen molar-refractivity contribution in [1.82, 2.24) is 14.5 Å². The summed E-state index contributed by atoms with van der Waals surface area (Å²) in [5.74, 6) is 0.00136. The van der Waals surface area contributed by atoms with Gasteiger partial charge in [-0.25, -0.2) is 18.4 Å². The van der Waals surface area contributed by atoms with E-state index in [0.29, 0.717) is 27.1 Å². The second-order valence-electron chi connectivity index (χ2n) is 8.14. The molecule has 0 bridgehead atoms. The Kier molecular flexibility index (Phi) is 8.00. The summed E-state index contributed by atoms with van der Waals surface area (Å²) in [6.45, 7) is 2.66. The number of ketones is 1. The Morgan fingerprint density at radius 2 is 2.00 bits per heavy atom. The van der Waals surface area contributed by atoms with Crippen LogP contribution in [0, 0.1) is 6.92 Å². The second-order valence-corrected chi connectivity index (χ2v) is 11.7. The molecule has 0 spiro atoms. The van der Waals surface area contributed by atoms with Crippen molar-refractivity contribution in [2.45, 2.75) is 37.6 Å². The van der Waals surface area contributed by atoms with Crippen LogP contribution in [0.1, 0.15) is 33.6 Å². The maximum atomic E-state index is 12.8. The number of carbonyl (C=O) groups is 1. The van der Waals surface area contributed by atoms with E-state index < -0.39 is 9.84 Å². The van der Waals surface area contributed by atoms with Gasteiger partial charge in [-0.3, -0.25) is 4.79 Å². The molecule has 0 unspecified atom stereocenters. The third-order valence-electron chi connectivity index (χ3n) is 5.55. The van der Waals surface area contributed by atoms with Gasteiger partial charge >= 0.3 is 0 Å². The number of hydrogen-bond donors (Lipinski definition) is 1. The summed E-state index contributed by atoms with van der Waals surface area (Å²) in [4.78, 5) is 21.8. The second kappa shape index (κ2) is 11.2. The van der Waals surface area contributed by atoms with Gasteiger partial charge in [-0.05, 0) is 55.2 Å². The van der Waals surface area contributed by atoms with Crippen molar-refractivity contribution in [2.24, 2.45) is 0 Å². The lowest BCUT2D eigenvalue weighted by Gasteiger charge is -2.08. The summed E-state index contributed by atoms with van der Waals surface area (Å²) >= 11 is 7.48. The van der Waals surface area contributed by atoms with Crippen molar-refractivity contribution >= 4 is 49.4 Å². The number of carbonyl (C=O) groups excluding carboxylic acids is 1. The van der Waals surface area contributed by atoms with E-state index in [0.717, 1.165) is 24.1 Å². The van der Waals surface area contributed by atoms with Crippen LogP contribution >= 0.6 is 22.9 Å². The molecule has 4 rings (SSSR count). The highest BCUT2D eigenvalue weighted by Crippen LogP contribution is 2.27. The Balaban J connectivity index is 1.37. The number of aryl methyl sites for hydroxylation is 2. The maximum absolute atomic E-state index is 12.8. The molecule has 10 heteroatoms. The number of thiazole rings is 1. The minimum atomic E-state index is -3.42. The molecule has 2 aromatic heterocycles. The summed E-state index contributed by atoms with van der Waals surface area (Å²) in [5.41, 5.74) is 2.37. The number of hydrogen-bond acceptors (Lipinski definition) is 7. The summed E-state index contributed by atoms with van der Waals surface area (Å²) in [6.07, 6.45) is 8.32. The van der Waals surface area contributed by atoms with Gasteiger partial charge in [0.15, 0.2) is 20.8 Å². The zero-order chi connectivity index (χ0) is 24.8. The molecule has 2 aromatic carbocycles. The molecule has 0 aliphatic carbocycles. The van der Waals surface area contributed by atoms with E-state index >= 15 is 0 Å². The van der Waals surface area contributed by atoms with Crippen molar-refractivity contribution < 1.29 is 13.2 Å². The first-order valence-corrected chi connectivity index (χ1v) is 13.9. The SMILES string of the molecule is Cc1cccc(Cl)c1CC(=O)c1cnc(Nc2cccc(S(=O)(=O)CCCCn3ccnc3)c2)s1. The van der Waals surface area contributed by atoms with Crippen molar-refractivity contribution in [3.63, 3.8) is 0 Å². The van der Waals surface area contributed by atoms with Crippen molar-refractivity contribution in [1.29, 1.82) is 0 Å². The fraction of sp³-hybridized carbons (Fsp3) is 0.240. The first-order valence-electron chi connectivity index (χ1n) is 11.1. The molecule has 0 fully saturated rings. The van der Waals surface area contributed by atoms with E-state index in [1.165, 1.54) is 17.5 Å². The average Bonchev–Trinajstić information content (AvgIpc) is 3.52. The smallest absolute Gasteiger partial charge is 0.187 e. The van der Waals surface area contributed by atoms with Crippen LogP contribution in [0.5, 0.6) is 0 Å². The molecule has 0 amide bonds. The molecular weight excluding hydrogens is 504 g/mol. The monoisotopic (exact) mass is 528 g/mol. The van der Waals surface area contributed by atoms with E-state index in [4.69, 9.17) is 11.6 Å². The average molecular weight is 529 g/mol. The topological polar surface area (TPSA) is 94.0 Å². The van der Waals surface area contributed by atoms with Crippen LogP contribution in [-0.2, 0) is 22.8 Å². The molecule has 7 nitrogen and oxygen atoms in total. The largest absolute Gasteiger partial charge is 0.337 e. The molecule has 0 saturated carbocycles. The molecule has 0 aliphatic rings. The molecular formula is C25H25ClN4O3S2. The lowest BCUT2D eigenvalue weighted by atomic mass is 10.0. The third-order valence-corrected chi connectivity index (χ3v) is 8.66. The number of imidazole rings is 1. The van der Waals surface area contributed by atoms with Gasteiger partial charge in [-0.15, -0.1) is 0 Å². The first kappa shape index (κ1) is 25.1. The van der Waals surface area contributed by atoms with Crippen LogP contribution in [0.2, 0.25) is 5.02 Å². The number of benzene rings is 2. The lowest BCUT2D eigenvalue weighted by Crippen LogP contribution is -2.08. The van der Waals surface area contributed by atoms with Crippen LogP contribution < -0.4 is 5.32 Å². The number of sulfone groups is 1. The van der Waals surface area contributed by atoms with Gasteiger partial charge in [0, 0.05) is 36.1 Å². The molecule has 182 valence electrons. The summed E-state index contributed by atoms with van der Waals surface area (Å²) in [7, 11) is -3.42. The van der Waals surface area contributed by atoms with E-state index in [-0.39, 0.29) is 22.9 Å². The zero-order valence-corrected chi connectivity index (χ0v) is 21.5. The van der Waals surface area contributed by atoms with Crippen LogP contribution in [0.3, 0.4) is 0 Å². The van der Waals surface area contributed by atoms with Gasteiger partial charge < -0.3 is 9.88 Å². The van der Waals surface area contributed by atoms with E-state index in [1.807, 2.05) is 29.8 Å². The molecule has 4 aromatic rings. The Morgan fingerprint density at radius 3 is 2.77 bits per heavy atom. The first-order chi connectivity index (χ1) is 16.8. The van der Waals surface area contributed by atoms with Gasteiger partial charge in [-0.2, -0.15) is 0 Å². The molecule has 1 N–H and O–H groups in total. The van der Waals surface area contributed by atoms with E-state index in [2.05, 4.69) is 15.3 Å². The van der Waals surface area contributed by atoms with Crippen molar-refractivity contribution in [2.75, 3.05) is 11.1 Å². The zero-order valence-electron chi connectivity index (χ0n) is 19.1. The van der Waals surface area contributed by atoms with Gasteiger partial charge in [0.25, 0.3) is 0 Å². The molecule has 0 aliphatic heterocycles. The summed E-state index contributed by atoms with van der Waals surface area (Å²) in [5, 5.41) is 4.20. The fourth-order valence-electron chi connectivity index (χ4n) is 3.61. The molecule has 2 heterocycles. The van der Waals surface area contributed by atoms with Crippen LogP contribution in [-0.4, -0.2) is 34.5 Å². The van der Waals surface area contributed by atoms with Gasteiger partial charge in [0.1, 0.15) is 0 Å². The predicted octanol–water partition coefficient (Wildman–Crippen LogP) is 5.72. The lowest BCUT2D eigenvalue weighted by molar-refractivity contribution is 0.0996. The molecule has 0 saturated heterocycles. The van der Waals surface area contributed by atoms with Gasteiger partial charge in [0.2, 0.25) is 0 Å². The van der Waals surface area contributed by atoms with Crippen LogP contribution in [0.15, 0.2) is 72.3 Å². The van der Waals surface area contributed by atoms with Crippen LogP contribution in [0.4, 0.5) is 10.8 Å². The molecule has 0 atom stereocenters. The number of Topliss-reactive ketones (excluding diaryl/α,β-unsaturated/α-hetero) is 1. The third kappa shape index (κ3) is 6.56. The molecule has 35 heavy (non-hydrogen) atoms. The number of anilines is 2. The Labute approximate surface area is 213 Å². The quantitative estimate of drug-likeness (QED) is 0.197. The van der Waals surface area contributed by atoms with Gasteiger partial charge in [-0.1, -0.05) is 41.1 Å². The molecule has 0 radical (unpaired) electrons. The Morgan fingerprint density at radius 1 is 1.17 bits per heavy atom. The Hall–Kier alpha value is -3.01. The highest BCUT2D eigenvalue weighted by atomic mass is 35.5. The highest BCUT2D eigenvalue weighted by molar-refractivity contribution is 7.91. The van der Waals surface area contributed by atoms with Crippen LogP contribution in [0.25, 0.3) is 0 Å². The van der Waals surface area contributed by atoms with Crippen molar-refractivity contribution in [3.05, 3.63) is 88.4 Å². The number of nitrogens with zero attached hydrogens (tertiary/aromatic N) is 3. The maximum Gasteiger partial charge on any atom is 0.187 e. The minimum Gasteiger partial charge on any atom is -0.337 e. The number of aromatic nitrogens is 3.